The first-order chi connectivity index (χ1) is 9.22. The maximum Gasteiger partial charge on any atom is 0.317 e. The molecular weight excluding hydrogens is 302 g/mol. The van der Waals surface area contributed by atoms with Gasteiger partial charge in [-0.3, -0.25) is 9.69 Å². The topological polar surface area (TPSA) is 74.7 Å². The molecule has 1 rings (SSSR count). The van der Waals surface area contributed by atoms with Gasteiger partial charge in [0.15, 0.2) is 9.84 Å². The first-order valence-corrected chi connectivity index (χ1v) is 8.19. The number of aliphatic carboxylic acids is 1. The summed E-state index contributed by atoms with van der Waals surface area (Å²) in [5.41, 5.74) is 0. The number of hydrogen-bond acceptors (Lipinski definition) is 4. The molecule has 7 heteroatoms. The molecule has 0 heterocycles. The summed E-state index contributed by atoms with van der Waals surface area (Å²) in [5, 5.41) is 9.27. The zero-order valence-corrected chi connectivity index (χ0v) is 13.0. The molecule has 0 aliphatic carbocycles. The van der Waals surface area contributed by atoms with Gasteiger partial charge < -0.3 is 5.11 Å². The minimum absolute atomic E-state index is 0.0356. The van der Waals surface area contributed by atoms with Crippen LogP contribution in [0.5, 0.6) is 0 Å². The average molecular weight is 320 g/mol. The van der Waals surface area contributed by atoms with Crippen molar-refractivity contribution in [3.8, 4) is 0 Å². The molecule has 0 saturated heterocycles. The van der Waals surface area contributed by atoms with Crippen LogP contribution in [0.25, 0.3) is 0 Å². The SMILES string of the molecule is CC(C)N(CCS(=O)(=O)c1ccc(Cl)cc1)CC(=O)O. The van der Waals surface area contributed by atoms with E-state index in [2.05, 4.69) is 0 Å². The fraction of sp³-hybridized carbons (Fsp3) is 0.462. The summed E-state index contributed by atoms with van der Waals surface area (Å²) in [6, 6.07) is 5.91. The molecule has 0 amide bonds. The van der Waals surface area contributed by atoms with Gasteiger partial charge in [-0.2, -0.15) is 0 Å². The number of benzene rings is 1. The van der Waals surface area contributed by atoms with Crippen LogP contribution >= 0.6 is 11.6 Å². The Kier molecular flexibility index (Phi) is 5.98. The predicted molar refractivity (Wildman–Crippen MR) is 77.8 cm³/mol. The number of hydrogen-bond donors (Lipinski definition) is 1. The van der Waals surface area contributed by atoms with Crippen molar-refractivity contribution in [3.05, 3.63) is 29.3 Å². The molecule has 0 bridgehead atoms. The van der Waals surface area contributed by atoms with E-state index >= 15 is 0 Å². The summed E-state index contributed by atoms with van der Waals surface area (Å²) in [5.74, 6) is -1.09. The van der Waals surface area contributed by atoms with E-state index < -0.39 is 15.8 Å². The van der Waals surface area contributed by atoms with Gasteiger partial charge in [0.1, 0.15) is 0 Å². The second-order valence-corrected chi connectivity index (χ2v) is 7.28. The number of carbonyl (C=O) groups is 1. The summed E-state index contributed by atoms with van der Waals surface area (Å²) in [7, 11) is -3.43. The monoisotopic (exact) mass is 319 g/mol. The number of carboxylic acids is 1. The van der Waals surface area contributed by atoms with E-state index in [0.717, 1.165) is 0 Å². The highest BCUT2D eigenvalue weighted by atomic mass is 35.5. The highest BCUT2D eigenvalue weighted by Crippen LogP contribution is 2.15. The quantitative estimate of drug-likeness (QED) is 0.831. The lowest BCUT2D eigenvalue weighted by Crippen LogP contribution is -2.38. The minimum atomic E-state index is -3.43. The molecule has 1 aromatic rings. The van der Waals surface area contributed by atoms with E-state index in [1.807, 2.05) is 13.8 Å². The average Bonchev–Trinajstić information content (AvgIpc) is 2.34. The van der Waals surface area contributed by atoms with Crippen molar-refractivity contribution < 1.29 is 18.3 Å². The summed E-state index contributed by atoms with van der Waals surface area (Å²) >= 11 is 5.72. The Morgan fingerprint density at radius 1 is 1.30 bits per heavy atom. The number of halogens is 1. The third-order valence-electron chi connectivity index (χ3n) is 2.89. The Hall–Kier alpha value is -1.11. The fourth-order valence-corrected chi connectivity index (χ4v) is 3.08. The Morgan fingerprint density at radius 3 is 2.30 bits per heavy atom. The summed E-state index contributed by atoms with van der Waals surface area (Å²) in [6.45, 7) is 3.67. The van der Waals surface area contributed by atoms with Gasteiger partial charge in [-0.1, -0.05) is 11.6 Å². The molecule has 0 aliphatic heterocycles. The molecule has 0 unspecified atom stereocenters. The van der Waals surface area contributed by atoms with Gasteiger partial charge in [-0.05, 0) is 38.1 Å². The van der Waals surface area contributed by atoms with Crippen LogP contribution in [0.3, 0.4) is 0 Å². The Bertz CT molecular complexity index is 554. The maximum atomic E-state index is 12.1. The van der Waals surface area contributed by atoms with Gasteiger partial charge in [-0.25, -0.2) is 8.42 Å². The van der Waals surface area contributed by atoms with Crippen molar-refractivity contribution in [2.75, 3.05) is 18.8 Å². The van der Waals surface area contributed by atoms with Gasteiger partial charge in [0.25, 0.3) is 0 Å². The van der Waals surface area contributed by atoms with Gasteiger partial charge in [0, 0.05) is 17.6 Å². The van der Waals surface area contributed by atoms with Crippen LogP contribution in [0.1, 0.15) is 13.8 Å². The Labute approximate surface area is 124 Å². The van der Waals surface area contributed by atoms with Crippen LogP contribution in [0.2, 0.25) is 5.02 Å². The van der Waals surface area contributed by atoms with Gasteiger partial charge in [0.05, 0.1) is 17.2 Å². The van der Waals surface area contributed by atoms with Crippen LogP contribution in [-0.4, -0.2) is 49.3 Å². The number of sulfone groups is 1. The molecule has 20 heavy (non-hydrogen) atoms. The van der Waals surface area contributed by atoms with E-state index in [1.165, 1.54) is 24.3 Å². The zero-order valence-electron chi connectivity index (χ0n) is 11.4. The third kappa shape index (κ3) is 5.11. The fourth-order valence-electron chi connectivity index (χ4n) is 1.69. The number of carboxylic acid groups (broad SMARTS) is 1. The van der Waals surface area contributed by atoms with Crippen molar-refractivity contribution in [1.29, 1.82) is 0 Å². The van der Waals surface area contributed by atoms with Crippen molar-refractivity contribution in [2.24, 2.45) is 0 Å². The molecule has 0 atom stereocenters. The first kappa shape index (κ1) is 16.9. The molecule has 1 N–H and O–H groups in total. The molecule has 112 valence electrons. The summed E-state index contributed by atoms with van der Waals surface area (Å²) in [6.07, 6.45) is 0. The Balaban J connectivity index is 2.75. The predicted octanol–water partition coefficient (Wildman–Crippen LogP) is 1.91. The second-order valence-electron chi connectivity index (χ2n) is 4.73. The van der Waals surface area contributed by atoms with Crippen molar-refractivity contribution >= 4 is 27.4 Å². The maximum absolute atomic E-state index is 12.1. The second kappa shape index (κ2) is 7.06. The molecule has 0 saturated carbocycles. The molecule has 0 spiro atoms. The van der Waals surface area contributed by atoms with Crippen LogP contribution < -0.4 is 0 Å². The summed E-state index contributed by atoms with van der Waals surface area (Å²) in [4.78, 5) is 12.5. The number of nitrogens with zero attached hydrogens (tertiary/aromatic N) is 1. The third-order valence-corrected chi connectivity index (χ3v) is 4.85. The molecule has 0 aliphatic rings. The lowest BCUT2D eigenvalue weighted by atomic mass is 10.3. The van der Waals surface area contributed by atoms with Crippen molar-refractivity contribution in [3.63, 3.8) is 0 Å². The Morgan fingerprint density at radius 2 is 1.85 bits per heavy atom. The van der Waals surface area contributed by atoms with Crippen LogP contribution in [0, 0.1) is 0 Å². The number of rotatable bonds is 7. The molecule has 0 radical (unpaired) electrons. The molecular formula is C13H18ClNO4S. The molecule has 0 fully saturated rings. The smallest absolute Gasteiger partial charge is 0.317 e. The molecule has 0 aromatic heterocycles. The molecule has 5 nitrogen and oxygen atoms in total. The highest BCUT2D eigenvalue weighted by Gasteiger charge is 2.19. The molecule has 1 aromatic carbocycles. The summed E-state index contributed by atoms with van der Waals surface area (Å²) < 4.78 is 24.3. The van der Waals surface area contributed by atoms with Gasteiger partial charge in [0.2, 0.25) is 0 Å². The van der Waals surface area contributed by atoms with Crippen LogP contribution in [0.4, 0.5) is 0 Å². The van der Waals surface area contributed by atoms with Crippen LogP contribution in [-0.2, 0) is 14.6 Å². The zero-order chi connectivity index (χ0) is 15.3. The lowest BCUT2D eigenvalue weighted by molar-refractivity contribution is -0.138. The van der Waals surface area contributed by atoms with Gasteiger partial charge >= 0.3 is 5.97 Å². The van der Waals surface area contributed by atoms with E-state index in [0.29, 0.717) is 5.02 Å². The van der Waals surface area contributed by atoms with Crippen molar-refractivity contribution in [2.45, 2.75) is 24.8 Å². The lowest BCUT2D eigenvalue weighted by Gasteiger charge is -2.24. The minimum Gasteiger partial charge on any atom is -0.480 e. The van der Waals surface area contributed by atoms with Crippen LogP contribution in [0.15, 0.2) is 29.2 Å². The van der Waals surface area contributed by atoms with Crippen molar-refractivity contribution in [1.82, 2.24) is 4.90 Å². The van der Waals surface area contributed by atoms with E-state index in [9.17, 15) is 13.2 Å². The van der Waals surface area contributed by atoms with E-state index in [1.54, 1.807) is 4.90 Å². The normalized spacial score (nSPS) is 12.1. The highest BCUT2D eigenvalue weighted by molar-refractivity contribution is 7.91. The first-order valence-electron chi connectivity index (χ1n) is 6.16. The largest absolute Gasteiger partial charge is 0.480 e. The standard InChI is InChI=1S/C13H18ClNO4S/c1-10(2)15(9-13(16)17)7-8-20(18,19)12-5-3-11(14)4-6-12/h3-6,10H,7-9H2,1-2H3,(H,16,17). The van der Waals surface area contributed by atoms with E-state index in [4.69, 9.17) is 16.7 Å². The van der Waals surface area contributed by atoms with E-state index in [-0.39, 0.29) is 29.8 Å². The van der Waals surface area contributed by atoms with Gasteiger partial charge in [-0.15, -0.1) is 0 Å².